The molecule has 0 aliphatic heterocycles. The lowest BCUT2D eigenvalue weighted by Crippen LogP contribution is -2.49. The van der Waals surface area contributed by atoms with E-state index in [-0.39, 0.29) is 37.7 Å². The number of carbonyl (C=O) groups is 2. The third kappa shape index (κ3) is 8.71. The molecule has 1 N–H and O–H groups in total. The number of anilines is 1. The van der Waals surface area contributed by atoms with E-state index >= 15 is 0 Å². The molecule has 0 saturated heterocycles. The highest BCUT2D eigenvalue weighted by molar-refractivity contribution is 7.92. The molecular formula is C29H33Cl2N3O4S. The average Bonchev–Trinajstić information content (AvgIpc) is 2.90. The van der Waals surface area contributed by atoms with Crippen LogP contribution in [0.3, 0.4) is 0 Å². The van der Waals surface area contributed by atoms with Crippen molar-refractivity contribution in [2.45, 2.75) is 38.8 Å². The highest BCUT2D eigenvalue weighted by Gasteiger charge is 2.30. The number of carbonyl (C=O) groups excluding carboxylic acids is 2. The second kappa shape index (κ2) is 13.8. The van der Waals surface area contributed by atoms with E-state index in [9.17, 15) is 18.0 Å². The molecular weight excluding hydrogens is 557 g/mol. The first-order chi connectivity index (χ1) is 18.5. The number of nitrogens with one attached hydrogen (secondary N) is 1. The SMILES string of the molecule is CNC(=O)[C@@H](Cc1ccccc1)N(Cc1ccc(Cl)c(Cl)c1)C(=O)CCCN(c1ccc(C)cc1)S(C)(=O)=O. The van der Waals surface area contributed by atoms with Crippen LogP contribution in [0.25, 0.3) is 0 Å². The number of hydrogen-bond donors (Lipinski definition) is 1. The Morgan fingerprint density at radius 1 is 0.923 bits per heavy atom. The van der Waals surface area contributed by atoms with Crippen LogP contribution in [0.1, 0.15) is 29.5 Å². The van der Waals surface area contributed by atoms with Crippen molar-refractivity contribution in [1.82, 2.24) is 10.2 Å². The minimum Gasteiger partial charge on any atom is -0.357 e. The lowest BCUT2D eigenvalue weighted by molar-refractivity contribution is -0.141. The average molecular weight is 591 g/mol. The van der Waals surface area contributed by atoms with Gasteiger partial charge < -0.3 is 10.2 Å². The number of halogens is 2. The zero-order valence-corrected chi connectivity index (χ0v) is 24.6. The third-order valence-corrected chi connectivity index (χ3v) is 8.26. The maximum absolute atomic E-state index is 13.7. The van der Waals surface area contributed by atoms with Crippen LogP contribution >= 0.6 is 23.2 Å². The summed E-state index contributed by atoms with van der Waals surface area (Å²) in [4.78, 5) is 28.3. The number of nitrogens with zero attached hydrogens (tertiary/aromatic N) is 2. The molecule has 10 heteroatoms. The van der Waals surface area contributed by atoms with Crippen LogP contribution in [0.5, 0.6) is 0 Å². The Balaban J connectivity index is 1.86. The lowest BCUT2D eigenvalue weighted by atomic mass is 10.0. The van der Waals surface area contributed by atoms with Gasteiger partial charge in [-0.3, -0.25) is 13.9 Å². The van der Waals surface area contributed by atoms with Gasteiger partial charge in [0.15, 0.2) is 0 Å². The molecule has 0 heterocycles. The van der Waals surface area contributed by atoms with Gasteiger partial charge in [0, 0.05) is 33.0 Å². The van der Waals surface area contributed by atoms with Crippen molar-refractivity contribution in [2.24, 2.45) is 0 Å². The summed E-state index contributed by atoms with van der Waals surface area (Å²) in [5.41, 5.74) is 3.17. The van der Waals surface area contributed by atoms with Gasteiger partial charge in [0.2, 0.25) is 21.8 Å². The van der Waals surface area contributed by atoms with Crippen LogP contribution in [-0.4, -0.2) is 51.0 Å². The molecule has 208 valence electrons. The third-order valence-electron chi connectivity index (χ3n) is 6.33. The van der Waals surface area contributed by atoms with E-state index in [1.165, 1.54) is 16.3 Å². The molecule has 0 saturated carbocycles. The van der Waals surface area contributed by atoms with Gasteiger partial charge in [-0.2, -0.15) is 0 Å². The summed E-state index contributed by atoms with van der Waals surface area (Å²) in [6, 6.07) is 20.9. The molecule has 0 aliphatic carbocycles. The summed E-state index contributed by atoms with van der Waals surface area (Å²) in [5, 5.41) is 3.42. The highest BCUT2D eigenvalue weighted by Crippen LogP contribution is 2.25. The van der Waals surface area contributed by atoms with Gasteiger partial charge in [0.25, 0.3) is 0 Å². The van der Waals surface area contributed by atoms with Gasteiger partial charge >= 0.3 is 0 Å². The predicted molar refractivity (Wildman–Crippen MR) is 158 cm³/mol. The van der Waals surface area contributed by atoms with Gasteiger partial charge in [-0.05, 0) is 48.7 Å². The van der Waals surface area contributed by atoms with E-state index in [1.807, 2.05) is 49.4 Å². The summed E-state index contributed by atoms with van der Waals surface area (Å²) in [6.07, 6.45) is 1.77. The van der Waals surface area contributed by atoms with Gasteiger partial charge in [0.1, 0.15) is 6.04 Å². The van der Waals surface area contributed by atoms with Crippen LogP contribution < -0.4 is 9.62 Å². The molecule has 0 unspecified atom stereocenters. The van der Waals surface area contributed by atoms with E-state index < -0.39 is 16.1 Å². The number of hydrogen-bond acceptors (Lipinski definition) is 4. The van der Waals surface area contributed by atoms with Crippen molar-refractivity contribution in [3.63, 3.8) is 0 Å². The fourth-order valence-electron chi connectivity index (χ4n) is 4.27. The first kappa shape index (κ1) is 30.5. The standard InChI is InChI=1S/C29H33Cl2N3O4S/c1-21-11-14-24(15-12-21)34(39(3,37)38)17-7-10-28(35)33(20-23-13-16-25(30)26(31)18-23)27(29(36)32-2)19-22-8-5-4-6-9-22/h4-6,8-9,11-16,18,27H,7,10,17,19-20H2,1-3H3,(H,32,36)/t27-/m1/s1. The highest BCUT2D eigenvalue weighted by atomic mass is 35.5. The molecule has 2 amide bonds. The maximum Gasteiger partial charge on any atom is 0.242 e. The van der Waals surface area contributed by atoms with E-state index in [0.29, 0.717) is 22.2 Å². The van der Waals surface area contributed by atoms with Crippen LogP contribution in [-0.2, 0) is 32.6 Å². The number of rotatable bonds is 12. The van der Waals surface area contributed by atoms with Crippen molar-refractivity contribution < 1.29 is 18.0 Å². The minimum absolute atomic E-state index is 0.0431. The Bertz CT molecular complexity index is 1380. The maximum atomic E-state index is 13.7. The van der Waals surface area contributed by atoms with Crippen molar-refractivity contribution in [3.8, 4) is 0 Å². The molecule has 1 atom stereocenters. The Hall–Kier alpha value is -3.07. The molecule has 3 aromatic carbocycles. The molecule has 0 radical (unpaired) electrons. The molecule has 39 heavy (non-hydrogen) atoms. The van der Waals surface area contributed by atoms with Crippen molar-refractivity contribution >= 4 is 50.7 Å². The smallest absolute Gasteiger partial charge is 0.242 e. The van der Waals surface area contributed by atoms with Crippen LogP contribution in [0, 0.1) is 6.92 Å². The molecule has 0 bridgehead atoms. The summed E-state index contributed by atoms with van der Waals surface area (Å²) < 4.78 is 26.3. The molecule has 3 rings (SSSR count). The molecule has 0 aliphatic rings. The number of benzene rings is 3. The molecule has 0 aromatic heterocycles. The van der Waals surface area contributed by atoms with Gasteiger partial charge in [-0.25, -0.2) is 8.42 Å². The summed E-state index contributed by atoms with van der Waals surface area (Å²) in [7, 11) is -2.03. The Labute approximate surface area is 240 Å². The number of aryl methyl sites for hydroxylation is 1. The molecule has 0 fully saturated rings. The summed E-state index contributed by atoms with van der Waals surface area (Å²) in [5.74, 6) is -0.576. The normalized spacial score (nSPS) is 12.0. The van der Waals surface area contributed by atoms with Crippen molar-refractivity contribution in [2.75, 3.05) is 24.2 Å². The second-order valence-electron chi connectivity index (χ2n) is 9.36. The minimum atomic E-state index is -3.56. The number of sulfonamides is 1. The van der Waals surface area contributed by atoms with E-state index in [0.717, 1.165) is 22.9 Å². The van der Waals surface area contributed by atoms with Crippen LogP contribution in [0.4, 0.5) is 5.69 Å². The molecule has 7 nitrogen and oxygen atoms in total. The predicted octanol–water partition coefficient (Wildman–Crippen LogP) is 5.23. The zero-order valence-electron chi connectivity index (χ0n) is 22.2. The van der Waals surface area contributed by atoms with Crippen LogP contribution in [0.2, 0.25) is 10.0 Å². The monoisotopic (exact) mass is 589 g/mol. The van der Waals surface area contributed by atoms with E-state index in [2.05, 4.69) is 5.32 Å². The van der Waals surface area contributed by atoms with Gasteiger partial charge in [-0.1, -0.05) is 77.3 Å². The summed E-state index contributed by atoms with van der Waals surface area (Å²) in [6.45, 7) is 2.18. The zero-order chi connectivity index (χ0) is 28.6. The first-order valence-electron chi connectivity index (χ1n) is 12.5. The van der Waals surface area contributed by atoms with E-state index in [1.54, 1.807) is 30.3 Å². The fourth-order valence-corrected chi connectivity index (χ4v) is 5.56. The number of likely N-dealkylation sites (N-methyl/N-ethyl adjacent to an activating group) is 1. The van der Waals surface area contributed by atoms with Crippen molar-refractivity contribution in [1.29, 1.82) is 0 Å². The van der Waals surface area contributed by atoms with Crippen molar-refractivity contribution in [3.05, 3.63) is 99.5 Å². The van der Waals surface area contributed by atoms with Crippen LogP contribution in [0.15, 0.2) is 72.8 Å². The largest absolute Gasteiger partial charge is 0.357 e. The fraction of sp³-hybridized carbons (Fsp3) is 0.310. The lowest BCUT2D eigenvalue weighted by Gasteiger charge is -2.31. The van der Waals surface area contributed by atoms with Gasteiger partial charge in [0.05, 0.1) is 22.0 Å². The first-order valence-corrected chi connectivity index (χ1v) is 15.1. The quantitative estimate of drug-likeness (QED) is 0.313. The summed E-state index contributed by atoms with van der Waals surface area (Å²) >= 11 is 12.3. The number of amides is 2. The molecule has 3 aromatic rings. The topological polar surface area (TPSA) is 86.8 Å². The Morgan fingerprint density at radius 3 is 2.18 bits per heavy atom. The molecule has 0 spiro atoms. The van der Waals surface area contributed by atoms with E-state index in [4.69, 9.17) is 23.2 Å². The second-order valence-corrected chi connectivity index (χ2v) is 12.1. The van der Waals surface area contributed by atoms with Gasteiger partial charge in [-0.15, -0.1) is 0 Å². The Morgan fingerprint density at radius 2 is 1.59 bits per heavy atom. The Kier molecular flexibility index (Phi) is 10.8.